The summed E-state index contributed by atoms with van der Waals surface area (Å²) in [6, 6.07) is 0.274. The van der Waals surface area contributed by atoms with Crippen LogP contribution in [-0.4, -0.2) is 25.9 Å². The number of imidazole rings is 1. The first kappa shape index (κ1) is 12.8. The lowest BCUT2D eigenvalue weighted by Gasteiger charge is -2.16. The van der Waals surface area contributed by atoms with E-state index < -0.39 is 0 Å². The van der Waals surface area contributed by atoms with Gasteiger partial charge in [0.25, 0.3) is 0 Å². The first-order chi connectivity index (χ1) is 8.74. The fraction of sp³-hybridized carbons (Fsp3) is 0.538. The van der Waals surface area contributed by atoms with Gasteiger partial charge in [-0.2, -0.15) is 5.10 Å². The van der Waals surface area contributed by atoms with Crippen molar-refractivity contribution in [3.63, 3.8) is 0 Å². The third kappa shape index (κ3) is 2.79. The second kappa shape index (κ2) is 5.82. The van der Waals surface area contributed by atoms with E-state index in [9.17, 15) is 0 Å². The first-order valence-electron chi connectivity index (χ1n) is 6.46. The van der Waals surface area contributed by atoms with Gasteiger partial charge in [0.1, 0.15) is 5.82 Å². The van der Waals surface area contributed by atoms with E-state index in [1.165, 1.54) is 5.56 Å². The van der Waals surface area contributed by atoms with Crippen molar-refractivity contribution in [1.29, 1.82) is 0 Å². The molecular formula is C13H21N5. The maximum absolute atomic E-state index is 4.44. The van der Waals surface area contributed by atoms with Gasteiger partial charge in [0.05, 0.1) is 6.20 Å². The van der Waals surface area contributed by atoms with Crippen LogP contribution in [0.4, 0.5) is 0 Å². The van der Waals surface area contributed by atoms with Gasteiger partial charge >= 0.3 is 0 Å². The number of hydrogen-bond acceptors (Lipinski definition) is 3. The summed E-state index contributed by atoms with van der Waals surface area (Å²) in [5, 5.41) is 7.74. The molecule has 18 heavy (non-hydrogen) atoms. The number of nitrogens with one attached hydrogen (secondary N) is 1. The lowest BCUT2D eigenvalue weighted by molar-refractivity contribution is 0.521. The average Bonchev–Trinajstić information content (AvgIpc) is 2.97. The normalized spacial score (nSPS) is 12.8. The first-order valence-corrected chi connectivity index (χ1v) is 6.46. The Morgan fingerprint density at radius 1 is 1.39 bits per heavy atom. The van der Waals surface area contributed by atoms with Crippen LogP contribution in [0, 0.1) is 0 Å². The molecule has 2 aromatic rings. The summed E-state index contributed by atoms with van der Waals surface area (Å²) in [7, 11) is 1.94. The van der Waals surface area contributed by atoms with E-state index >= 15 is 0 Å². The van der Waals surface area contributed by atoms with Crippen LogP contribution in [0.5, 0.6) is 0 Å². The molecule has 0 bridgehead atoms. The van der Waals surface area contributed by atoms with Crippen molar-refractivity contribution in [3.05, 3.63) is 36.2 Å². The predicted molar refractivity (Wildman–Crippen MR) is 71.2 cm³/mol. The quantitative estimate of drug-likeness (QED) is 0.842. The Balaban J connectivity index is 2.16. The molecule has 0 aromatic carbocycles. The summed E-state index contributed by atoms with van der Waals surface area (Å²) in [5.74, 6) is 1.12. The molecule has 0 aliphatic rings. The van der Waals surface area contributed by atoms with Crippen molar-refractivity contribution < 1.29 is 0 Å². The zero-order valence-electron chi connectivity index (χ0n) is 11.3. The summed E-state index contributed by atoms with van der Waals surface area (Å²) in [6.45, 7) is 6.15. The van der Waals surface area contributed by atoms with Crippen LogP contribution >= 0.6 is 0 Å². The summed E-state index contributed by atoms with van der Waals surface area (Å²) >= 11 is 0. The number of rotatable bonds is 6. The molecule has 0 fully saturated rings. The third-order valence-electron chi connectivity index (χ3n) is 3.11. The van der Waals surface area contributed by atoms with Crippen LogP contribution in [0.15, 0.2) is 24.8 Å². The van der Waals surface area contributed by atoms with E-state index in [1.54, 1.807) is 0 Å². The minimum Gasteiger partial charge on any atom is -0.335 e. The molecule has 2 aromatic heterocycles. The smallest absolute Gasteiger partial charge is 0.110 e. The van der Waals surface area contributed by atoms with Gasteiger partial charge in [0.2, 0.25) is 0 Å². The molecule has 5 heteroatoms. The van der Waals surface area contributed by atoms with E-state index in [0.29, 0.717) is 0 Å². The molecule has 0 saturated heterocycles. The zero-order chi connectivity index (χ0) is 13.0. The van der Waals surface area contributed by atoms with Crippen molar-refractivity contribution in [1.82, 2.24) is 24.6 Å². The van der Waals surface area contributed by atoms with Crippen molar-refractivity contribution in [2.24, 2.45) is 7.05 Å². The third-order valence-corrected chi connectivity index (χ3v) is 3.11. The summed E-state index contributed by atoms with van der Waals surface area (Å²) in [4.78, 5) is 4.44. The minimum absolute atomic E-state index is 0.274. The Hall–Kier alpha value is -1.62. The highest BCUT2D eigenvalue weighted by atomic mass is 15.2. The largest absolute Gasteiger partial charge is 0.335 e. The van der Waals surface area contributed by atoms with Gasteiger partial charge in [-0.15, -0.1) is 0 Å². The van der Waals surface area contributed by atoms with Crippen LogP contribution in [0.25, 0.3) is 0 Å². The maximum atomic E-state index is 4.44. The molecule has 1 atom stereocenters. The number of aromatic nitrogens is 4. The summed E-state index contributed by atoms with van der Waals surface area (Å²) in [6.07, 6.45) is 8.77. The van der Waals surface area contributed by atoms with E-state index in [0.717, 1.165) is 25.3 Å². The van der Waals surface area contributed by atoms with Crippen LogP contribution in [0.3, 0.4) is 0 Å². The molecule has 1 N–H and O–H groups in total. The Morgan fingerprint density at radius 2 is 2.22 bits per heavy atom. The van der Waals surface area contributed by atoms with Gasteiger partial charge in [0.15, 0.2) is 0 Å². The standard InChI is InChI=1S/C13H21N5/c1-4-14-12(11-9-16-17(3)10-11)8-13-15-6-7-18(13)5-2/h6-7,9-10,12,14H,4-5,8H2,1-3H3. The molecule has 1 unspecified atom stereocenters. The fourth-order valence-electron chi connectivity index (χ4n) is 2.17. The highest BCUT2D eigenvalue weighted by Crippen LogP contribution is 2.17. The monoisotopic (exact) mass is 247 g/mol. The van der Waals surface area contributed by atoms with E-state index in [1.807, 2.05) is 30.3 Å². The average molecular weight is 247 g/mol. The highest BCUT2D eigenvalue weighted by molar-refractivity contribution is 5.13. The Bertz CT molecular complexity index is 485. The second-order valence-electron chi connectivity index (χ2n) is 4.39. The van der Waals surface area contributed by atoms with Gasteiger partial charge in [-0.3, -0.25) is 4.68 Å². The van der Waals surface area contributed by atoms with Gasteiger partial charge in [0, 0.05) is 50.2 Å². The topological polar surface area (TPSA) is 47.7 Å². The van der Waals surface area contributed by atoms with Crippen molar-refractivity contribution >= 4 is 0 Å². The molecule has 2 rings (SSSR count). The lowest BCUT2D eigenvalue weighted by Crippen LogP contribution is -2.24. The number of likely N-dealkylation sites (N-methyl/N-ethyl adjacent to an activating group) is 1. The lowest BCUT2D eigenvalue weighted by atomic mass is 10.1. The van der Waals surface area contributed by atoms with Crippen molar-refractivity contribution in [2.75, 3.05) is 6.54 Å². The second-order valence-corrected chi connectivity index (χ2v) is 4.39. The summed E-state index contributed by atoms with van der Waals surface area (Å²) < 4.78 is 4.02. The molecule has 2 heterocycles. The highest BCUT2D eigenvalue weighted by Gasteiger charge is 2.15. The molecule has 0 amide bonds. The number of hydrogen-bond donors (Lipinski definition) is 1. The van der Waals surface area contributed by atoms with Crippen molar-refractivity contribution in [3.8, 4) is 0 Å². The molecule has 0 aliphatic carbocycles. The molecule has 0 spiro atoms. The molecule has 0 radical (unpaired) electrons. The Morgan fingerprint density at radius 3 is 2.83 bits per heavy atom. The molecule has 0 aliphatic heterocycles. The van der Waals surface area contributed by atoms with Crippen LogP contribution in [0.1, 0.15) is 31.3 Å². The fourth-order valence-corrected chi connectivity index (χ4v) is 2.17. The van der Waals surface area contributed by atoms with E-state index in [2.05, 4.69) is 40.0 Å². The van der Waals surface area contributed by atoms with Crippen LogP contribution in [0.2, 0.25) is 0 Å². The molecule has 0 saturated carbocycles. The van der Waals surface area contributed by atoms with Crippen LogP contribution in [-0.2, 0) is 20.0 Å². The van der Waals surface area contributed by atoms with Gasteiger partial charge in [-0.1, -0.05) is 6.92 Å². The summed E-state index contributed by atoms with van der Waals surface area (Å²) in [5.41, 5.74) is 1.21. The van der Waals surface area contributed by atoms with Gasteiger partial charge < -0.3 is 9.88 Å². The van der Waals surface area contributed by atoms with Crippen molar-refractivity contribution in [2.45, 2.75) is 32.9 Å². The van der Waals surface area contributed by atoms with Crippen LogP contribution < -0.4 is 5.32 Å². The number of aryl methyl sites for hydroxylation is 2. The minimum atomic E-state index is 0.274. The van der Waals surface area contributed by atoms with Gasteiger partial charge in [-0.25, -0.2) is 4.98 Å². The zero-order valence-corrected chi connectivity index (χ0v) is 11.3. The molecular weight excluding hydrogens is 226 g/mol. The molecule has 98 valence electrons. The van der Waals surface area contributed by atoms with E-state index in [4.69, 9.17) is 0 Å². The number of nitrogens with zero attached hydrogens (tertiary/aromatic N) is 4. The Kier molecular flexibility index (Phi) is 4.15. The van der Waals surface area contributed by atoms with E-state index in [-0.39, 0.29) is 6.04 Å². The predicted octanol–water partition coefficient (Wildman–Crippen LogP) is 1.53. The SMILES string of the molecule is CCNC(Cc1nccn1CC)c1cnn(C)c1. The maximum Gasteiger partial charge on any atom is 0.110 e. The Labute approximate surface area is 108 Å². The van der Waals surface area contributed by atoms with Gasteiger partial charge in [-0.05, 0) is 13.5 Å². The molecule has 5 nitrogen and oxygen atoms in total.